The van der Waals surface area contributed by atoms with Crippen molar-refractivity contribution in [1.82, 2.24) is 0 Å². The quantitative estimate of drug-likeness (QED) is 0.868. The van der Waals surface area contributed by atoms with Gasteiger partial charge in [0.15, 0.2) is 17.8 Å². The lowest BCUT2D eigenvalue weighted by molar-refractivity contribution is 0.111. The van der Waals surface area contributed by atoms with Crippen LogP contribution in [0.3, 0.4) is 0 Å². The van der Waals surface area contributed by atoms with E-state index >= 15 is 0 Å². The van der Waals surface area contributed by atoms with E-state index in [4.69, 9.17) is 9.47 Å². The summed E-state index contributed by atoms with van der Waals surface area (Å²) in [5.74, 6) is 1.09. The third-order valence-electron chi connectivity index (χ3n) is 3.34. The van der Waals surface area contributed by atoms with Crippen molar-refractivity contribution in [1.29, 1.82) is 0 Å². The highest BCUT2D eigenvalue weighted by Crippen LogP contribution is 2.45. The molecule has 1 aromatic rings. The number of ether oxygens (including phenoxy) is 2. The van der Waals surface area contributed by atoms with Gasteiger partial charge in [-0.3, -0.25) is 4.79 Å². The van der Waals surface area contributed by atoms with Gasteiger partial charge in [0.25, 0.3) is 0 Å². The molecule has 0 aromatic heterocycles. The Bertz CT molecular complexity index is 508. The molecule has 1 heterocycles. The number of halogens is 1. The molecule has 1 aliphatic carbocycles. The van der Waals surface area contributed by atoms with E-state index in [0.29, 0.717) is 41.2 Å². The van der Waals surface area contributed by atoms with Crippen molar-refractivity contribution in [2.24, 2.45) is 0 Å². The van der Waals surface area contributed by atoms with Crippen molar-refractivity contribution in [3.8, 4) is 11.5 Å². The zero-order valence-corrected chi connectivity index (χ0v) is 11.3. The number of hydrogen-bond donors (Lipinski definition) is 1. The van der Waals surface area contributed by atoms with Crippen molar-refractivity contribution in [3.63, 3.8) is 0 Å². The van der Waals surface area contributed by atoms with E-state index < -0.39 is 5.60 Å². The van der Waals surface area contributed by atoms with Gasteiger partial charge in [0.2, 0.25) is 0 Å². The van der Waals surface area contributed by atoms with Gasteiger partial charge in [-0.15, -0.1) is 0 Å². The molecule has 0 unspecified atom stereocenters. The lowest BCUT2D eigenvalue weighted by Crippen LogP contribution is -2.20. The topological polar surface area (TPSA) is 55.8 Å². The van der Waals surface area contributed by atoms with E-state index in [2.05, 4.69) is 15.9 Å². The van der Waals surface area contributed by atoms with Crippen LogP contribution in [0, 0.1) is 0 Å². The van der Waals surface area contributed by atoms with E-state index in [-0.39, 0.29) is 0 Å². The van der Waals surface area contributed by atoms with Crippen LogP contribution in [0.4, 0.5) is 0 Å². The monoisotopic (exact) mass is 312 g/mol. The van der Waals surface area contributed by atoms with Crippen molar-refractivity contribution < 1.29 is 19.4 Å². The molecule has 3 rings (SSSR count). The summed E-state index contributed by atoms with van der Waals surface area (Å²) in [7, 11) is 0. The van der Waals surface area contributed by atoms with Crippen LogP contribution in [-0.4, -0.2) is 30.2 Å². The Kier molecular flexibility index (Phi) is 2.83. The molecule has 1 saturated carbocycles. The molecule has 2 aliphatic rings. The molecule has 96 valence electrons. The predicted molar refractivity (Wildman–Crippen MR) is 68.4 cm³/mol. The third-order valence-corrected chi connectivity index (χ3v) is 4.00. The number of aldehydes is 1. The second-order valence-electron chi connectivity index (χ2n) is 4.81. The molecule has 1 fully saturated rings. The minimum absolute atomic E-state index is 0.438. The van der Waals surface area contributed by atoms with Gasteiger partial charge in [0, 0.05) is 16.5 Å². The Balaban J connectivity index is 2.08. The first-order valence-electron chi connectivity index (χ1n) is 5.91. The molecule has 1 N–H and O–H groups in total. The third kappa shape index (κ3) is 2.01. The molecule has 0 amide bonds. The van der Waals surface area contributed by atoms with Crippen molar-refractivity contribution in [2.75, 3.05) is 13.2 Å². The number of carbonyl (C=O) groups excluding carboxylic acids is 1. The van der Waals surface area contributed by atoms with E-state index in [1.165, 1.54) is 0 Å². The largest absolute Gasteiger partial charge is 0.486 e. The van der Waals surface area contributed by atoms with Gasteiger partial charge in [-0.2, -0.15) is 0 Å². The average molecular weight is 313 g/mol. The zero-order valence-electron chi connectivity index (χ0n) is 9.74. The summed E-state index contributed by atoms with van der Waals surface area (Å²) in [6.07, 6.45) is 2.93. The standard InChI is InChI=1S/C13H13BrO4/c14-10-5-8(6-13(16)1-2-13)11-12(9(10)7-15)18-4-3-17-11/h5,7,16H,1-4,6H2. The second-order valence-corrected chi connectivity index (χ2v) is 5.66. The second kappa shape index (κ2) is 4.24. The van der Waals surface area contributed by atoms with Gasteiger partial charge in [-0.1, -0.05) is 0 Å². The molecule has 0 bridgehead atoms. The average Bonchev–Trinajstić information content (AvgIpc) is 3.07. The van der Waals surface area contributed by atoms with Crippen molar-refractivity contribution in [2.45, 2.75) is 24.9 Å². The van der Waals surface area contributed by atoms with Crippen LogP contribution in [0.25, 0.3) is 0 Å². The van der Waals surface area contributed by atoms with Crippen LogP contribution in [0.1, 0.15) is 28.8 Å². The zero-order chi connectivity index (χ0) is 12.8. The summed E-state index contributed by atoms with van der Waals surface area (Å²) in [6, 6.07) is 1.84. The van der Waals surface area contributed by atoms with Gasteiger partial charge in [0.05, 0.1) is 11.2 Å². The van der Waals surface area contributed by atoms with Gasteiger partial charge in [-0.05, 0) is 34.8 Å². The van der Waals surface area contributed by atoms with E-state index in [9.17, 15) is 9.90 Å². The van der Waals surface area contributed by atoms with Gasteiger partial charge in [-0.25, -0.2) is 0 Å². The normalized spacial score (nSPS) is 19.4. The summed E-state index contributed by atoms with van der Waals surface area (Å²) in [5.41, 5.74) is 0.759. The summed E-state index contributed by atoms with van der Waals surface area (Å²) in [5, 5.41) is 10.0. The highest BCUT2D eigenvalue weighted by Gasteiger charge is 2.41. The first kappa shape index (κ1) is 12.0. The molecule has 0 radical (unpaired) electrons. The lowest BCUT2D eigenvalue weighted by Gasteiger charge is -2.24. The molecule has 0 saturated heterocycles. The van der Waals surface area contributed by atoms with Crippen molar-refractivity contribution in [3.05, 3.63) is 21.7 Å². The lowest BCUT2D eigenvalue weighted by atomic mass is 10.0. The minimum Gasteiger partial charge on any atom is -0.486 e. The molecule has 4 nitrogen and oxygen atoms in total. The van der Waals surface area contributed by atoms with E-state index in [1.54, 1.807) is 0 Å². The highest BCUT2D eigenvalue weighted by molar-refractivity contribution is 9.10. The Morgan fingerprint density at radius 2 is 2.00 bits per heavy atom. The first-order valence-corrected chi connectivity index (χ1v) is 6.71. The van der Waals surface area contributed by atoms with E-state index in [0.717, 1.165) is 24.7 Å². The Labute approximate surface area is 113 Å². The van der Waals surface area contributed by atoms with Crippen LogP contribution in [0.15, 0.2) is 10.5 Å². The van der Waals surface area contributed by atoms with E-state index in [1.807, 2.05) is 6.07 Å². The Morgan fingerprint density at radius 3 is 2.61 bits per heavy atom. The summed E-state index contributed by atoms with van der Waals surface area (Å²) >= 11 is 3.37. The molecule has 0 atom stereocenters. The maximum Gasteiger partial charge on any atom is 0.173 e. The first-order chi connectivity index (χ1) is 8.63. The number of hydrogen-bond acceptors (Lipinski definition) is 4. The molecular formula is C13H13BrO4. The number of benzene rings is 1. The molecule has 5 heteroatoms. The fourth-order valence-corrected chi connectivity index (χ4v) is 2.73. The maximum atomic E-state index is 11.1. The SMILES string of the molecule is O=Cc1c(Br)cc(CC2(O)CC2)c2c1OCCO2. The predicted octanol–water partition coefficient (Wildman–Crippen LogP) is 2.10. The molecule has 0 spiro atoms. The van der Waals surface area contributed by atoms with Crippen LogP contribution in [0.5, 0.6) is 11.5 Å². The Morgan fingerprint density at radius 1 is 1.33 bits per heavy atom. The summed E-state index contributed by atoms with van der Waals surface area (Å²) in [6.45, 7) is 0.909. The molecular weight excluding hydrogens is 300 g/mol. The minimum atomic E-state index is -0.600. The van der Waals surface area contributed by atoms with Gasteiger partial charge < -0.3 is 14.6 Å². The number of carbonyl (C=O) groups is 1. The fourth-order valence-electron chi connectivity index (χ4n) is 2.18. The number of fused-ring (bicyclic) bond motifs is 1. The number of aliphatic hydroxyl groups is 1. The number of rotatable bonds is 3. The molecule has 1 aliphatic heterocycles. The highest BCUT2D eigenvalue weighted by atomic mass is 79.9. The van der Waals surface area contributed by atoms with Gasteiger partial charge >= 0.3 is 0 Å². The van der Waals surface area contributed by atoms with Crippen molar-refractivity contribution >= 4 is 22.2 Å². The van der Waals surface area contributed by atoms with Crippen LogP contribution in [-0.2, 0) is 6.42 Å². The van der Waals surface area contributed by atoms with Crippen LogP contribution in [0.2, 0.25) is 0 Å². The smallest absolute Gasteiger partial charge is 0.173 e. The van der Waals surface area contributed by atoms with Gasteiger partial charge in [0.1, 0.15) is 13.2 Å². The van der Waals surface area contributed by atoms with Crippen LogP contribution < -0.4 is 9.47 Å². The summed E-state index contributed by atoms with van der Waals surface area (Å²) < 4.78 is 11.8. The molecule has 18 heavy (non-hydrogen) atoms. The Hall–Kier alpha value is -1.07. The summed E-state index contributed by atoms with van der Waals surface area (Å²) in [4.78, 5) is 11.1. The fraction of sp³-hybridized carbons (Fsp3) is 0.462. The van der Waals surface area contributed by atoms with Crippen LogP contribution >= 0.6 is 15.9 Å². The maximum absolute atomic E-state index is 11.1. The molecule has 1 aromatic carbocycles.